The third kappa shape index (κ3) is 3.24. The number of hydrazine groups is 1. The van der Waals surface area contributed by atoms with Crippen LogP contribution in [0.3, 0.4) is 0 Å². The number of hydrogen-bond acceptors (Lipinski definition) is 3. The summed E-state index contributed by atoms with van der Waals surface area (Å²) in [7, 11) is 1.61. The van der Waals surface area contributed by atoms with Gasteiger partial charge in [-0.1, -0.05) is 12.1 Å². The fraction of sp³-hybridized carbons (Fsp3) is 0.600. The molecule has 1 aromatic rings. The fourth-order valence-electron chi connectivity index (χ4n) is 5.62. The largest absolute Gasteiger partial charge is 0.497 e. The molecular formula is C20H26N2O3. The van der Waals surface area contributed by atoms with Crippen LogP contribution in [-0.2, 0) is 16.0 Å². The summed E-state index contributed by atoms with van der Waals surface area (Å²) in [6, 6.07) is 7.38. The molecule has 0 unspecified atom stereocenters. The van der Waals surface area contributed by atoms with Gasteiger partial charge in [0.2, 0.25) is 11.8 Å². The standard InChI is InChI=1S/C20H26N2O3/c1-25-17-4-2-13(3-5-17)9-18(23)21-22-19(24)20-10-14-6-15(11-20)8-16(7-14)12-20/h2-5,14-16H,6-12H2,1H3,(H,21,23)(H,22,24). The Bertz CT molecular complexity index is 633. The maximum Gasteiger partial charge on any atom is 0.244 e. The predicted octanol–water partition coefficient (Wildman–Crippen LogP) is 2.60. The third-order valence-electron chi connectivity index (χ3n) is 6.36. The molecule has 4 saturated carbocycles. The van der Waals surface area contributed by atoms with Crippen molar-refractivity contribution in [3.63, 3.8) is 0 Å². The predicted molar refractivity (Wildman–Crippen MR) is 93.6 cm³/mol. The van der Waals surface area contributed by atoms with Gasteiger partial charge in [-0.25, -0.2) is 0 Å². The summed E-state index contributed by atoms with van der Waals surface area (Å²) in [6.07, 6.45) is 7.14. The number of rotatable bonds is 4. The zero-order chi connectivity index (χ0) is 17.4. The number of methoxy groups -OCH3 is 1. The van der Waals surface area contributed by atoms with Gasteiger partial charge in [-0.05, 0) is 74.0 Å². The van der Waals surface area contributed by atoms with Crippen LogP contribution >= 0.6 is 0 Å². The topological polar surface area (TPSA) is 67.4 Å². The molecule has 0 atom stereocenters. The highest BCUT2D eigenvalue weighted by Gasteiger charge is 2.54. The molecule has 5 heteroatoms. The van der Waals surface area contributed by atoms with E-state index >= 15 is 0 Å². The summed E-state index contributed by atoms with van der Waals surface area (Å²) in [6.45, 7) is 0. The Morgan fingerprint density at radius 2 is 1.56 bits per heavy atom. The van der Waals surface area contributed by atoms with E-state index in [2.05, 4.69) is 10.9 Å². The van der Waals surface area contributed by atoms with Crippen LogP contribution in [0.25, 0.3) is 0 Å². The molecule has 0 aromatic heterocycles. The lowest BCUT2D eigenvalue weighted by Gasteiger charge is -2.55. The van der Waals surface area contributed by atoms with Crippen molar-refractivity contribution in [2.75, 3.05) is 7.11 Å². The molecule has 4 aliphatic rings. The summed E-state index contributed by atoms with van der Waals surface area (Å²) >= 11 is 0. The Labute approximate surface area is 148 Å². The average molecular weight is 342 g/mol. The van der Waals surface area contributed by atoms with E-state index in [-0.39, 0.29) is 23.7 Å². The number of amides is 2. The van der Waals surface area contributed by atoms with Crippen LogP contribution in [0.5, 0.6) is 5.75 Å². The van der Waals surface area contributed by atoms with E-state index < -0.39 is 0 Å². The van der Waals surface area contributed by atoms with Crippen molar-refractivity contribution in [3.05, 3.63) is 29.8 Å². The maximum atomic E-state index is 12.8. The van der Waals surface area contributed by atoms with E-state index in [4.69, 9.17) is 4.74 Å². The molecule has 4 aliphatic carbocycles. The van der Waals surface area contributed by atoms with Gasteiger partial charge in [0, 0.05) is 0 Å². The average Bonchev–Trinajstić information content (AvgIpc) is 2.59. The molecule has 4 bridgehead atoms. The van der Waals surface area contributed by atoms with Crippen LogP contribution in [0.4, 0.5) is 0 Å². The molecule has 5 rings (SSSR count). The number of hydrogen-bond donors (Lipinski definition) is 2. The zero-order valence-electron chi connectivity index (χ0n) is 14.7. The van der Waals surface area contributed by atoms with Gasteiger partial charge in [0.05, 0.1) is 18.9 Å². The Morgan fingerprint density at radius 1 is 1.00 bits per heavy atom. The number of ether oxygens (including phenoxy) is 1. The van der Waals surface area contributed by atoms with Crippen LogP contribution in [-0.4, -0.2) is 18.9 Å². The lowest BCUT2D eigenvalue weighted by atomic mass is 9.49. The van der Waals surface area contributed by atoms with Crippen molar-refractivity contribution in [2.24, 2.45) is 23.2 Å². The molecule has 2 amide bonds. The lowest BCUT2D eigenvalue weighted by Crippen LogP contribution is -2.56. The first kappa shape index (κ1) is 16.4. The minimum Gasteiger partial charge on any atom is -0.497 e. The monoisotopic (exact) mass is 342 g/mol. The molecule has 2 N–H and O–H groups in total. The molecule has 1 aromatic carbocycles. The second kappa shape index (κ2) is 6.36. The first-order valence-corrected chi connectivity index (χ1v) is 9.28. The Balaban J connectivity index is 1.31. The Hall–Kier alpha value is -2.04. The van der Waals surface area contributed by atoms with Gasteiger partial charge in [-0.2, -0.15) is 0 Å². The van der Waals surface area contributed by atoms with Gasteiger partial charge >= 0.3 is 0 Å². The van der Waals surface area contributed by atoms with Gasteiger partial charge < -0.3 is 4.74 Å². The number of carbonyl (C=O) groups is 2. The van der Waals surface area contributed by atoms with Gasteiger partial charge in [0.25, 0.3) is 0 Å². The smallest absolute Gasteiger partial charge is 0.244 e. The van der Waals surface area contributed by atoms with E-state index in [0.717, 1.165) is 30.6 Å². The molecule has 5 nitrogen and oxygen atoms in total. The summed E-state index contributed by atoms with van der Waals surface area (Å²) in [4.78, 5) is 24.9. The summed E-state index contributed by atoms with van der Waals surface area (Å²) < 4.78 is 5.11. The van der Waals surface area contributed by atoms with E-state index in [1.807, 2.05) is 24.3 Å². The van der Waals surface area contributed by atoms with E-state index in [9.17, 15) is 9.59 Å². The molecule has 0 aliphatic heterocycles. The zero-order valence-corrected chi connectivity index (χ0v) is 14.7. The first-order chi connectivity index (χ1) is 12.1. The minimum absolute atomic E-state index is 0.0229. The highest BCUT2D eigenvalue weighted by Crippen LogP contribution is 2.59. The molecule has 0 radical (unpaired) electrons. The van der Waals surface area contributed by atoms with Crippen LogP contribution in [0.2, 0.25) is 0 Å². The number of carbonyl (C=O) groups excluding carboxylic acids is 2. The van der Waals surface area contributed by atoms with Crippen molar-refractivity contribution in [1.82, 2.24) is 10.9 Å². The highest BCUT2D eigenvalue weighted by molar-refractivity contribution is 5.86. The molecule has 0 heterocycles. The van der Waals surface area contributed by atoms with Gasteiger partial charge in [-0.15, -0.1) is 0 Å². The second-order valence-electron chi connectivity index (χ2n) is 8.23. The fourth-order valence-corrected chi connectivity index (χ4v) is 5.62. The summed E-state index contributed by atoms with van der Waals surface area (Å²) in [5, 5.41) is 0. The van der Waals surface area contributed by atoms with E-state index in [1.165, 1.54) is 19.3 Å². The van der Waals surface area contributed by atoms with Crippen molar-refractivity contribution in [2.45, 2.75) is 44.9 Å². The van der Waals surface area contributed by atoms with Crippen LogP contribution in [0.15, 0.2) is 24.3 Å². The molecule has 25 heavy (non-hydrogen) atoms. The van der Waals surface area contributed by atoms with Crippen molar-refractivity contribution in [1.29, 1.82) is 0 Å². The quantitative estimate of drug-likeness (QED) is 0.827. The third-order valence-corrected chi connectivity index (χ3v) is 6.36. The Kier molecular flexibility index (Phi) is 4.18. The molecule has 0 saturated heterocycles. The maximum absolute atomic E-state index is 12.8. The van der Waals surface area contributed by atoms with Crippen LogP contribution < -0.4 is 15.6 Å². The lowest BCUT2D eigenvalue weighted by molar-refractivity contribution is -0.148. The second-order valence-corrected chi connectivity index (χ2v) is 8.23. The molecule has 0 spiro atoms. The van der Waals surface area contributed by atoms with E-state index in [0.29, 0.717) is 17.8 Å². The van der Waals surface area contributed by atoms with E-state index in [1.54, 1.807) is 7.11 Å². The Morgan fingerprint density at radius 3 is 2.08 bits per heavy atom. The highest BCUT2D eigenvalue weighted by atomic mass is 16.5. The van der Waals surface area contributed by atoms with Gasteiger partial charge in [0.15, 0.2) is 0 Å². The van der Waals surface area contributed by atoms with Gasteiger partial charge in [-0.3, -0.25) is 20.4 Å². The first-order valence-electron chi connectivity index (χ1n) is 9.28. The molecular weight excluding hydrogens is 316 g/mol. The normalized spacial score (nSPS) is 32.3. The van der Waals surface area contributed by atoms with Gasteiger partial charge in [0.1, 0.15) is 5.75 Å². The number of benzene rings is 1. The molecule has 4 fully saturated rings. The van der Waals surface area contributed by atoms with Crippen molar-refractivity contribution >= 4 is 11.8 Å². The SMILES string of the molecule is COc1ccc(CC(=O)NNC(=O)C23CC4CC(CC(C4)C2)C3)cc1. The number of nitrogens with one attached hydrogen (secondary N) is 2. The van der Waals surface area contributed by atoms with Crippen LogP contribution in [0.1, 0.15) is 44.1 Å². The van der Waals surface area contributed by atoms with Crippen LogP contribution in [0, 0.1) is 23.2 Å². The van der Waals surface area contributed by atoms with Crippen molar-refractivity contribution in [3.8, 4) is 5.75 Å². The minimum atomic E-state index is -0.234. The molecule has 134 valence electrons. The summed E-state index contributed by atoms with van der Waals surface area (Å²) in [5.74, 6) is 2.74. The summed E-state index contributed by atoms with van der Waals surface area (Å²) in [5.41, 5.74) is 5.99. The van der Waals surface area contributed by atoms with Crippen molar-refractivity contribution < 1.29 is 14.3 Å².